The molecular formula is C46H59N7O8. The number of phenolic OH excluding ortho intramolecular Hbond substituents is 1. The number of aromatic hydroxyl groups is 1. The van der Waals surface area contributed by atoms with E-state index in [-0.39, 0.29) is 30.8 Å². The summed E-state index contributed by atoms with van der Waals surface area (Å²) in [5.74, 6) is -1.80. The van der Waals surface area contributed by atoms with Gasteiger partial charge in [0.25, 0.3) is 5.91 Å². The lowest BCUT2D eigenvalue weighted by atomic mass is 9.84. The topological polar surface area (TPSA) is 177 Å². The van der Waals surface area contributed by atoms with Crippen molar-refractivity contribution in [2.75, 3.05) is 40.4 Å². The summed E-state index contributed by atoms with van der Waals surface area (Å²) in [5.41, 5.74) is 9.80. The molecule has 2 fully saturated rings. The van der Waals surface area contributed by atoms with E-state index in [0.29, 0.717) is 57.6 Å². The number of hydrazine groups is 1. The molecule has 326 valence electrons. The Balaban J connectivity index is 1.33. The minimum Gasteiger partial charge on any atom is -0.508 e. The van der Waals surface area contributed by atoms with Crippen molar-refractivity contribution in [2.24, 2.45) is 11.3 Å². The number of fused-ring (bicyclic) bond motifs is 6. The Morgan fingerprint density at radius 3 is 2.61 bits per heavy atom. The number of amides is 3. The van der Waals surface area contributed by atoms with Crippen LogP contribution in [0.25, 0.3) is 33.3 Å². The zero-order chi connectivity index (χ0) is 43.6. The van der Waals surface area contributed by atoms with Gasteiger partial charge >= 0.3 is 12.1 Å². The molecule has 2 aromatic carbocycles. The summed E-state index contributed by atoms with van der Waals surface area (Å²) in [7, 11) is 3.19. The van der Waals surface area contributed by atoms with Gasteiger partial charge in [0, 0.05) is 81.0 Å². The molecule has 3 aliphatic rings. The number of ether oxygens (including phenoxy) is 3. The Hall–Kier alpha value is -5.51. The zero-order valence-electron chi connectivity index (χ0n) is 36.2. The molecule has 0 saturated carbocycles. The number of pyridine rings is 1. The van der Waals surface area contributed by atoms with Gasteiger partial charge in [0.05, 0.1) is 18.9 Å². The highest BCUT2D eigenvalue weighted by molar-refractivity contribution is 5.96. The number of phenols is 1. The summed E-state index contributed by atoms with van der Waals surface area (Å²) >= 11 is 0. The van der Waals surface area contributed by atoms with Crippen LogP contribution in [0.5, 0.6) is 5.75 Å². The van der Waals surface area contributed by atoms with Crippen LogP contribution in [0.3, 0.4) is 0 Å². The molecule has 15 nitrogen and oxygen atoms in total. The largest absolute Gasteiger partial charge is 0.508 e. The second kappa shape index (κ2) is 18.2. The van der Waals surface area contributed by atoms with E-state index in [1.54, 1.807) is 25.4 Å². The van der Waals surface area contributed by atoms with Crippen molar-refractivity contribution in [3.05, 3.63) is 71.5 Å². The van der Waals surface area contributed by atoms with Crippen LogP contribution in [0, 0.1) is 11.3 Å². The van der Waals surface area contributed by atoms with Crippen molar-refractivity contribution >= 4 is 34.8 Å². The number of esters is 1. The van der Waals surface area contributed by atoms with Gasteiger partial charge in [-0.2, -0.15) is 0 Å². The fraction of sp³-hybridized carbons (Fsp3) is 0.500. The molecule has 0 radical (unpaired) electrons. The lowest BCUT2D eigenvalue weighted by molar-refractivity contribution is -0.155. The fourth-order valence-electron chi connectivity index (χ4n) is 8.80. The van der Waals surface area contributed by atoms with Crippen molar-refractivity contribution < 1.29 is 38.5 Å². The van der Waals surface area contributed by atoms with E-state index >= 15 is 0 Å². The average Bonchev–Trinajstić information content (AvgIpc) is 3.51. The summed E-state index contributed by atoms with van der Waals surface area (Å²) in [6.45, 7) is 12.5. The first-order chi connectivity index (χ1) is 29.2. The fourth-order valence-corrected chi connectivity index (χ4v) is 8.80. The molecule has 3 atom stereocenters. The third kappa shape index (κ3) is 9.38. The monoisotopic (exact) mass is 837 g/mol. The van der Waals surface area contributed by atoms with E-state index in [2.05, 4.69) is 58.5 Å². The van der Waals surface area contributed by atoms with E-state index < -0.39 is 47.4 Å². The van der Waals surface area contributed by atoms with Crippen molar-refractivity contribution in [1.82, 2.24) is 35.5 Å². The first-order valence-electron chi connectivity index (χ1n) is 21.3. The number of cyclic esters (lactones) is 1. The van der Waals surface area contributed by atoms with Crippen LogP contribution in [0.1, 0.15) is 64.2 Å². The Kier molecular flexibility index (Phi) is 13.0. The summed E-state index contributed by atoms with van der Waals surface area (Å²) in [6, 6.07) is 10.5. The van der Waals surface area contributed by atoms with Crippen LogP contribution in [-0.4, -0.2) is 113 Å². The molecule has 7 rings (SSSR count). The molecule has 3 aliphatic heterocycles. The first kappa shape index (κ1) is 43.6. The number of aryl methyl sites for hydroxylation is 1. The molecule has 6 bridgehead atoms. The van der Waals surface area contributed by atoms with Gasteiger partial charge in [-0.25, -0.2) is 10.2 Å². The summed E-state index contributed by atoms with van der Waals surface area (Å²) in [5, 5.41) is 19.7. The van der Waals surface area contributed by atoms with Gasteiger partial charge in [0.2, 0.25) is 5.91 Å². The van der Waals surface area contributed by atoms with Crippen molar-refractivity contribution in [2.45, 2.75) is 97.7 Å². The Labute approximate surface area is 357 Å². The lowest BCUT2D eigenvalue weighted by Gasteiger charge is -2.37. The van der Waals surface area contributed by atoms with Crippen LogP contribution < -0.4 is 16.1 Å². The van der Waals surface area contributed by atoms with Crippen molar-refractivity contribution in [3.63, 3.8) is 0 Å². The third-order valence-corrected chi connectivity index (χ3v) is 11.9. The number of carbonyl (C=O) groups excluding carboxylic acids is 4. The highest BCUT2D eigenvalue weighted by Gasteiger charge is 2.38. The minimum atomic E-state index is -1.14. The van der Waals surface area contributed by atoms with Gasteiger partial charge in [0.15, 0.2) is 0 Å². The first-order valence-corrected chi connectivity index (χ1v) is 21.3. The maximum Gasteiger partial charge on any atom is 0.410 e. The molecule has 15 heteroatoms. The molecule has 0 spiro atoms. The van der Waals surface area contributed by atoms with Gasteiger partial charge in [-0.1, -0.05) is 39.8 Å². The van der Waals surface area contributed by atoms with Crippen LogP contribution in [0.4, 0.5) is 4.79 Å². The number of hydrogen-bond donors (Lipinski definition) is 4. The number of likely N-dealkylation sites (N-methyl/N-ethyl adjacent to an activating group) is 1. The number of rotatable bonds is 9. The molecule has 4 aromatic rings. The van der Waals surface area contributed by atoms with Gasteiger partial charge in [0.1, 0.15) is 30.0 Å². The second-order valence-corrected chi connectivity index (χ2v) is 17.6. The highest BCUT2D eigenvalue weighted by atomic mass is 16.6. The van der Waals surface area contributed by atoms with Crippen molar-refractivity contribution in [3.8, 4) is 28.1 Å². The number of hydrogen-bond acceptors (Lipinski definition) is 11. The Bertz CT molecular complexity index is 2280. The van der Waals surface area contributed by atoms with Crippen LogP contribution in [0.15, 0.2) is 54.9 Å². The van der Waals surface area contributed by atoms with Crippen LogP contribution in [0.2, 0.25) is 0 Å². The standard InChI is InChI=1S/C46H59N7O8/c1-8-52-39-12-11-29-20-34(39)35(41(52)36-24-47-14-13-30(36)25-59-7)21-46(4,5)26-60-44(57)37-10-9-15-53(50-37)43(56)38(18-28-16-31(29)19-32(54)17-28)49-42(55)40(27(2)3)51(6)45(58)61-33-22-48-23-33/h11-14,16-17,19-20,24,27,33,37-38,40,48,50,54H,8-10,15,18,21-23,25-26H2,1-7H3,(H,49,55)/t37-,38-,40?/m0/s1. The van der Waals surface area contributed by atoms with E-state index in [4.69, 9.17) is 14.2 Å². The van der Waals surface area contributed by atoms with Gasteiger partial charge in [-0.15, -0.1) is 0 Å². The number of carbonyl (C=O) groups is 4. The predicted octanol–water partition coefficient (Wildman–Crippen LogP) is 4.96. The van der Waals surface area contributed by atoms with Crippen LogP contribution >= 0.6 is 0 Å². The molecule has 3 amide bonds. The van der Waals surface area contributed by atoms with E-state index in [9.17, 15) is 24.3 Å². The normalized spacial score (nSPS) is 20.1. The number of nitrogens with zero attached hydrogens (tertiary/aromatic N) is 4. The summed E-state index contributed by atoms with van der Waals surface area (Å²) in [6.07, 6.45) is 4.28. The molecule has 5 heterocycles. The number of aromatic nitrogens is 2. The molecule has 2 aromatic heterocycles. The van der Waals surface area contributed by atoms with E-state index in [1.807, 2.05) is 38.2 Å². The molecule has 0 aliphatic carbocycles. The van der Waals surface area contributed by atoms with Gasteiger partial charge < -0.3 is 34.5 Å². The maximum atomic E-state index is 14.6. The molecule has 1 unspecified atom stereocenters. The molecule has 2 saturated heterocycles. The maximum absolute atomic E-state index is 14.6. The smallest absolute Gasteiger partial charge is 0.410 e. The molecule has 61 heavy (non-hydrogen) atoms. The van der Waals surface area contributed by atoms with E-state index in [1.165, 1.54) is 17.0 Å². The molecule has 4 N–H and O–H groups in total. The summed E-state index contributed by atoms with van der Waals surface area (Å²) in [4.78, 5) is 61.6. The second-order valence-electron chi connectivity index (χ2n) is 17.6. The number of benzene rings is 2. The predicted molar refractivity (Wildman–Crippen MR) is 230 cm³/mol. The van der Waals surface area contributed by atoms with Crippen molar-refractivity contribution in [1.29, 1.82) is 0 Å². The van der Waals surface area contributed by atoms with Gasteiger partial charge in [-0.3, -0.25) is 29.3 Å². The average molecular weight is 838 g/mol. The SMILES string of the molecule is CCn1c(-c2cnccc2COC)c2c3cc(ccc31)-c1cc(O)cc(c1)C[C@H](NC(=O)C(C(C)C)N(C)C(=O)OC1CNC1)C(=O)N1CCC[C@H](N1)C(=O)OCC(C)(C)C2. The van der Waals surface area contributed by atoms with E-state index in [0.717, 1.165) is 44.4 Å². The number of nitrogens with one attached hydrogen (secondary N) is 3. The quantitative estimate of drug-likeness (QED) is 0.168. The number of methoxy groups -OCH3 is 1. The van der Waals surface area contributed by atoms with Gasteiger partial charge in [-0.05, 0) is 90.3 Å². The lowest BCUT2D eigenvalue weighted by Crippen LogP contribution is -2.62. The molecular weight excluding hydrogens is 779 g/mol. The minimum absolute atomic E-state index is 0.000746. The summed E-state index contributed by atoms with van der Waals surface area (Å²) < 4.78 is 19.6. The Morgan fingerprint density at radius 1 is 1.11 bits per heavy atom. The zero-order valence-corrected chi connectivity index (χ0v) is 36.2. The third-order valence-electron chi connectivity index (χ3n) is 11.9. The highest BCUT2D eigenvalue weighted by Crippen LogP contribution is 2.41. The Morgan fingerprint density at radius 2 is 1.90 bits per heavy atom. The van der Waals surface area contributed by atoms with Crippen LogP contribution in [-0.2, 0) is 54.6 Å².